The predicted molar refractivity (Wildman–Crippen MR) is 116 cm³/mol. The van der Waals surface area contributed by atoms with E-state index in [2.05, 4.69) is 6.92 Å². The molecule has 0 saturated heterocycles. The lowest BCUT2D eigenvalue weighted by molar-refractivity contribution is 0.0607. The monoisotopic (exact) mass is 401 g/mol. The Kier molecular flexibility index (Phi) is 5.36. The maximum absolute atomic E-state index is 13.1. The van der Waals surface area contributed by atoms with E-state index in [9.17, 15) is 19.5 Å². The Morgan fingerprint density at radius 1 is 0.900 bits per heavy atom. The number of carbonyl (C=O) groups excluding carboxylic acids is 3. The lowest BCUT2D eigenvalue weighted by Gasteiger charge is -2.28. The lowest BCUT2D eigenvalue weighted by atomic mass is 9.89. The maximum atomic E-state index is 13.1. The number of aromatic hydroxyl groups is 1. The highest BCUT2D eigenvalue weighted by atomic mass is 16.3. The smallest absolute Gasteiger partial charge is 0.261 e. The van der Waals surface area contributed by atoms with Gasteiger partial charge in [-0.05, 0) is 47.2 Å². The van der Waals surface area contributed by atoms with Crippen molar-refractivity contribution in [2.75, 3.05) is 6.54 Å². The Bertz CT molecular complexity index is 1140. The first kappa shape index (κ1) is 19.8. The van der Waals surface area contributed by atoms with Gasteiger partial charge in [-0.2, -0.15) is 0 Å². The summed E-state index contributed by atoms with van der Waals surface area (Å²) >= 11 is 0. The van der Waals surface area contributed by atoms with Crippen LogP contribution in [0.3, 0.4) is 0 Å². The number of unbranched alkanes of at least 4 members (excludes halogenated alkanes) is 3. The van der Waals surface area contributed by atoms with Crippen LogP contribution in [0.15, 0.2) is 48.5 Å². The number of amides is 2. The van der Waals surface area contributed by atoms with E-state index in [4.69, 9.17) is 0 Å². The highest BCUT2D eigenvalue weighted by Gasteiger charge is 2.32. The fraction of sp³-hybridized carbons (Fsp3) is 0.240. The number of imide groups is 1. The van der Waals surface area contributed by atoms with E-state index >= 15 is 0 Å². The second-order valence-corrected chi connectivity index (χ2v) is 7.60. The van der Waals surface area contributed by atoms with Crippen LogP contribution in [0.1, 0.15) is 63.7 Å². The molecule has 0 saturated carbocycles. The molecule has 0 atom stereocenters. The van der Waals surface area contributed by atoms with Crippen LogP contribution in [0.25, 0.3) is 21.9 Å². The molecule has 3 aromatic carbocycles. The first-order valence-corrected chi connectivity index (χ1v) is 10.3. The SMILES string of the molecule is CCCCCCN1C(=O)c2cccc3c(-c4ccc(C=O)c(O)c4)ccc(c23)C1=O. The third-order valence-electron chi connectivity index (χ3n) is 5.70. The van der Waals surface area contributed by atoms with Crippen molar-refractivity contribution in [1.82, 2.24) is 4.90 Å². The number of nitrogens with zero attached hydrogens (tertiary/aromatic N) is 1. The van der Waals surface area contributed by atoms with Gasteiger partial charge in [0.05, 0.1) is 5.56 Å². The van der Waals surface area contributed by atoms with Gasteiger partial charge in [-0.25, -0.2) is 0 Å². The average Bonchev–Trinajstić information content (AvgIpc) is 2.76. The van der Waals surface area contributed by atoms with Crippen molar-refractivity contribution in [3.8, 4) is 16.9 Å². The van der Waals surface area contributed by atoms with Crippen LogP contribution in [0.2, 0.25) is 0 Å². The van der Waals surface area contributed by atoms with Crippen molar-refractivity contribution in [3.63, 3.8) is 0 Å². The van der Waals surface area contributed by atoms with Gasteiger partial charge in [-0.3, -0.25) is 19.3 Å². The molecule has 152 valence electrons. The Balaban J connectivity index is 1.79. The van der Waals surface area contributed by atoms with Gasteiger partial charge in [0.15, 0.2) is 6.29 Å². The minimum absolute atomic E-state index is 0.103. The van der Waals surface area contributed by atoms with Crippen molar-refractivity contribution in [3.05, 3.63) is 65.2 Å². The van der Waals surface area contributed by atoms with Gasteiger partial charge in [0, 0.05) is 23.1 Å². The zero-order chi connectivity index (χ0) is 21.3. The third-order valence-corrected chi connectivity index (χ3v) is 5.70. The Labute approximate surface area is 174 Å². The summed E-state index contributed by atoms with van der Waals surface area (Å²) in [5, 5.41) is 11.5. The molecule has 0 aromatic heterocycles. The molecule has 5 heteroatoms. The lowest BCUT2D eigenvalue weighted by Crippen LogP contribution is -2.40. The molecule has 5 nitrogen and oxygen atoms in total. The standard InChI is InChI=1S/C25H23NO4/c1-2-3-4-5-13-26-24(29)20-8-6-7-19-18(11-12-21(23(19)20)25(26)30)16-9-10-17(15-27)22(28)14-16/h6-12,14-15,28H,2-5,13H2,1H3. The van der Waals surface area contributed by atoms with Gasteiger partial charge in [-0.1, -0.05) is 50.5 Å². The molecule has 0 unspecified atom stereocenters. The summed E-state index contributed by atoms with van der Waals surface area (Å²) in [6.07, 6.45) is 4.57. The molecule has 1 aliphatic rings. The molecule has 3 aromatic rings. The summed E-state index contributed by atoms with van der Waals surface area (Å²) in [6, 6.07) is 13.9. The van der Waals surface area contributed by atoms with Gasteiger partial charge < -0.3 is 5.11 Å². The van der Waals surface area contributed by atoms with Crippen LogP contribution in [0.4, 0.5) is 0 Å². The number of carbonyl (C=O) groups is 3. The highest BCUT2D eigenvalue weighted by Crippen LogP contribution is 2.37. The Morgan fingerprint density at radius 2 is 1.63 bits per heavy atom. The van der Waals surface area contributed by atoms with E-state index in [0.717, 1.165) is 36.6 Å². The van der Waals surface area contributed by atoms with E-state index < -0.39 is 0 Å². The minimum atomic E-state index is -0.258. The van der Waals surface area contributed by atoms with Gasteiger partial charge in [0.2, 0.25) is 0 Å². The molecular weight excluding hydrogens is 378 g/mol. The largest absolute Gasteiger partial charge is 0.507 e. The fourth-order valence-corrected chi connectivity index (χ4v) is 4.11. The van der Waals surface area contributed by atoms with Crippen molar-refractivity contribution in [2.45, 2.75) is 32.6 Å². The molecule has 1 aliphatic heterocycles. The predicted octanol–water partition coefficient (Wildman–Crippen LogP) is 5.20. The zero-order valence-corrected chi connectivity index (χ0v) is 16.9. The first-order valence-electron chi connectivity index (χ1n) is 10.3. The zero-order valence-electron chi connectivity index (χ0n) is 16.9. The molecule has 0 radical (unpaired) electrons. The van der Waals surface area contributed by atoms with Crippen molar-refractivity contribution in [2.24, 2.45) is 0 Å². The molecule has 0 spiro atoms. The number of phenols is 1. The van der Waals surface area contributed by atoms with E-state index in [1.807, 2.05) is 18.2 Å². The summed E-state index contributed by atoms with van der Waals surface area (Å²) in [5.41, 5.74) is 2.76. The second kappa shape index (κ2) is 8.11. The Morgan fingerprint density at radius 3 is 2.33 bits per heavy atom. The first-order chi connectivity index (χ1) is 14.6. The van der Waals surface area contributed by atoms with E-state index in [1.54, 1.807) is 24.3 Å². The van der Waals surface area contributed by atoms with Crippen LogP contribution in [-0.4, -0.2) is 34.7 Å². The maximum Gasteiger partial charge on any atom is 0.261 e. The number of phenolic OH excluding ortho intramolecular Hbond substituents is 1. The van der Waals surface area contributed by atoms with E-state index in [1.165, 1.54) is 11.0 Å². The summed E-state index contributed by atoms with van der Waals surface area (Å²) in [5.74, 6) is -0.620. The van der Waals surface area contributed by atoms with Gasteiger partial charge in [0.25, 0.3) is 11.8 Å². The van der Waals surface area contributed by atoms with Gasteiger partial charge >= 0.3 is 0 Å². The van der Waals surface area contributed by atoms with Crippen molar-refractivity contribution in [1.29, 1.82) is 0 Å². The van der Waals surface area contributed by atoms with Crippen LogP contribution < -0.4 is 0 Å². The number of hydrogen-bond acceptors (Lipinski definition) is 4. The normalized spacial score (nSPS) is 13.2. The molecule has 4 rings (SSSR count). The van der Waals surface area contributed by atoms with Crippen LogP contribution in [-0.2, 0) is 0 Å². The molecule has 30 heavy (non-hydrogen) atoms. The molecular formula is C25H23NO4. The molecule has 0 aliphatic carbocycles. The number of benzene rings is 3. The number of aldehydes is 1. The molecule has 0 fully saturated rings. The highest BCUT2D eigenvalue weighted by molar-refractivity contribution is 6.26. The van der Waals surface area contributed by atoms with Crippen LogP contribution >= 0.6 is 0 Å². The molecule has 0 bridgehead atoms. The third kappa shape index (κ3) is 3.26. The fourth-order valence-electron chi connectivity index (χ4n) is 4.11. The van der Waals surface area contributed by atoms with Gasteiger partial charge in [-0.15, -0.1) is 0 Å². The summed E-state index contributed by atoms with van der Waals surface area (Å²) in [6.45, 7) is 2.55. The molecule has 2 amide bonds. The average molecular weight is 401 g/mol. The second-order valence-electron chi connectivity index (χ2n) is 7.60. The molecule has 1 N–H and O–H groups in total. The Hall–Kier alpha value is -3.47. The molecule has 1 heterocycles. The summed E-state index contributed by atoms with van der Waals surface area (Å²) < 4.78 is 0. The summed E-state index contributed by atoms with van der Waals surface area (Å²) in [7, 11) is 0. The van der Waals surface area contributed by atoms with E-state index in [0.29, 0.717) is 34.9 Å². The summed E-state index contributed by atoms with van der Waals surface area (Å²) in [4.78, 5) is 38.5. The topological polar surface area (TPSA) is 74.7 Å². The van der Waals surface area contributed by atoms with Gasteiger partial charge in [0.1, 0.15) is 5.75 Å². The quantitative estimate of drug-likeness (QED) is 0.335. The van der Waals surface area contributed by atoms with Crippen LogP contribution in [0, 0.1) is 0 Å². The minimum Gasteiger partial charge on any atom is -0.507 e. The van der Waals surface area contributed by atoms with Crippen molar-refractivity contribution >= 4 is 28.9 Å². The van der Waals surface area contributed by atoms with E-state index in [-0.39, 0.29) is 23.1 Å². The van der Waals surface area contributed by atoms with Crippen LogP contribution in [0.5, 0.6) is 5.75 Å². The number of hydrogen-bond donors (Lipinski definition) is 1. The number of rotatable bonds is 7. The van der Waals surface area contributed by atoms with Crippen molar-refractivity contribution < 1.29 is 19.5 Å².